The zero-order chi connectivity index (χ0) is 20.9. The lowest BCUT2D eigenvalue weighted by atomic mass is 10.1. The Morgan fingerprint density at radius 2 is 1.57 bits per heavy atom. The maximum atomic E-state index is 12.8. The first-order chi connectivity index (χ1) is 14.6. The third-order valence-corrected chi connectivity index (χ3v) is 4.80. The Hall–Kier alpha value is -3.80. The van der Waals surface area contributed by atoms with Crippen LogP contribution >= 0.6 is 0 Å². The van der Waals surface area contributed by atoms with E-state index in [2.05, 4.69) is 5.32 Å². The van der Waals surface area contributed by atoms with Crippen LogP contribution in [0.2, 0.25) is 0 Å². The van der Waals surface area contributed by atoms with E-state index >= 15 is 0 Å². The first-order valence-electron chi connectivity index (χ1n) is 9.70. The number of ether oxygens (including phenoxy) is 2. The largest absolute Gasteiger partial charge is 0.486 e. The van der Waals surface area contributed by atoms with Gasteiger partial charge in [-0.05, 0) is 54.1 Å². The lowest BCUT2D eigenvalue weighted by molar-refractivity contribution is 0.0784. The Morgan fingerprint density at radius 3 is 2.30 bits per heavy atom. The van der Waals surface area contributed by atoms with Gasteiger partial charge in [0.05, 0.1) is 0 Å². The molecule has 3 aromatic rings. The van der Waals surface area contributed by atoms with Gasteiger partial charge in [0, 0.05) is 30.4 Å². The smallest absolute Gasteiger partial charge is 0.255 e. The van der Waals surface area contributed by atoms with Crippen LogP contribution in [0.5, 0.6) is 11.5 Å². The van der Waals surface area contributed by atoms with Crippen LogP contribution in [0.15, 0.2) is 72.8 Å². The zero-order valence-corrected chi connectivity index (χ0v) is 16.6. The van der Waals surface area contributed by atoms with E-state index < -0.39 is 0 Å². The quantitative estimate of drug-likeness (QED) is 0.701. The molecule has 0 atom stereocenters. The average Bonchev–Trinajstić information content (AvgIpc) is 2.79. The molecule has 0 aromatic heterocycles. The molecule has 2 amide bonds. The third-order valence-electron chi connectivity index (χ3n) is 4.80. The number of rotatable bonds is 5. The monoisotopic (exact) mass is 402 g/mol. The number of nitrogens with one attached hydrogen (secondary N) is 1. The van der Waals surface area contributed by atoms with Gasteiger partial charge in [-0.2, -0.15) is 0 Å². The molecular weight excluding hydrogens is 380 g/mol. The summed E-state index contributed by atoms with van der Waals surface area (Å²) in [6.45, 7) is 1.52. The average molecular weight is 402 g/mol. The van der Waals surface area contributed by atoms with Gasteiger partial charge in [0.15, 0.2) is 11.5 Å². The van der Waals surface area contributed by atoms with Crippen molar-refractivity contribution in [3.63, 3.8) is 0 Å². The third kappa shape index (κ3) is 4.43. The van der Waals surface area contributed by atoms with Gasteiger partial charge >= 0.3 is 0 Å². The highest BCUT2D eigenvalue weighted by Crippen LogP contribution is 2.31. The van der Waals surface area contributed by atoms with Crippen LogP contribution < -0.4 is 14.8 Å². The second kappa shape index (κ2) is 8.69. The highest BCUT2D eigenvalue weighted by atomic mass is 16.6. The summed E-state index contributed by atoms with van der Waals surface area (Å²) in [5.41, 5.74) is 2.72. The van der Waals surface area contributed by atoms with Crippen molar-refractivity contribution in [1.29, 1.82) is 0 Å². The Labute approximate surface area is 175 Å². The fourth-order valence-electron chi connectivity index (χ4n) is 3.24. The van der Waals surface area contributed by atoms with E-state index in [0.717, 1.165) is 11.3 Å². The highest BCUT2D eigenvalue weighted by molar-refractivity contribution is 6.04. The summed E-state index contributed by atoms with van der Waals surface area (Å²) in [5, 5.41) is 2.83. The Bertz CT molecular complexity index is 1050. The van der Waals surface area contributed by atoms with Crippen LogP contribution in [0.3, 0.4) is 0 Å². The minimum Gasteiger partial charge on any atom is -0.486 e. The standard InChI is InChI=1S/C24H22N2O4/c1-26(16-17-7-12-21-22(15-17)30-14-13-29-21)24(28)19-8-10-20(11-9-19)25-23(27)18-5-3-2-4-6-18/h2-12,15H,13-14,16H2,1H3,(H,25,27). The molecule has 6 heteroatoms. The minimum atomic E-state index is -0.189. The second-order valence-electron chi connectivity index (χ2n) is 7.04. The fraction of sp³-hybridized carbons (Fsp3) is 0.167. The van der Waals surface area contributed by atoms with Crippen LogP contribution in [0.4, 0.5) is 5.69 Å². The van der Waals surface area contributed by atoms with E-state index in [1.165, 1.54) is 0 Å². The molecule has 0 unspecified atom stereocenters. The van der Waals surface area contributed by atoms with E-state index in [-0.39, 0.29) is 11.8 Å². The lowest BCUT2D eigenvalue weighted by Gasteiger charge is -2.21. The second-order valence-corrected chi connectivity index (χ2v) is 7.04. The maximum Gasteiger partial charge on any atom is 0.255 e. The highest BCUT2D eigenvalue weighted by Gasteiger charge is 2.16. The predicted molar refractivity (Wildman–Crippen MR) is 114 cm³/mol. The zero-order valence-electron chi connectivity index (χ0n) is 16.6. The molecular formula is C24H22N2O4. The van der Waals surface area contributed by atoms with Crippen LogP contribution in [-0.4, -0.2) is 37.0 Å². The van der Waals surface area contributed by atoms with Crippen LogP contribution in [-0.2, 0) is 6.54 Å². The molecule has 1 aliphatic heterocycles. The maximum absolute atomic E-state index is 12.8. The molecule has 0 fully saturated rings. The summed E-state index contributed by atoms with van der Waals surface area (Å²) >= 11 is 0. The van der Waals surface area contributed by atoms with E-state index in [9.17, 15) is 9.59 Å². The molecule has 0 radical (unpaired) electrons. The number of hydrogen-bond donors (Lipinski definition) is 1. The number of benzene rings is 3. The first kappa shape index (κ1) is 19.5. The van der Waals surface area contributed by atoms with Crippen molar-refractivity contribution in [2.75, 3.05) is 25.6 Å². The van der Waals surface area contributed by atoms with Gasteiger partial charge in [-0.25, -0.2) is 0 Å². The lowest BCUT2D eigenvalue weighted by Crippen LogP contribution is -2.26. The van der Waals surface area contributed by atoms with Crippen LogP contribution in [0.25, 0.3) is 0 Å². The summed E-state index contributed by atoms with van der Waals surface area (Å²) in [7, 11) is 1.75. The molecule has 3 aromatic carbocycles. The molecule has 0 bridgehead atoms. The summed E-state index contributed by atoms with van der Waals surface area (Å²) in [5.74, 6) is 1.14. The Balaban J connectivity index is 1.39. The first-order valence-corrected chi connectivity index (χ1v) is 9.70. The minimum absolute atomic E-state index is 0.106. The SMILES string of the molecule is CN(Cc1ccc2c(c1)OCCO2)C(=O)c1ccc(NC(=O)c2ccccc2)cc1. The summed E-state index contributed by atoms with van der Waals surface area (Å²) in [6.07, 6.45) is 0. The molecule has 1 aliphatic rings. The molecule has 152 valence electrons. The van der Waals surface area contributed by atoms with Crippen LogP contribution in [0, 0.1) is 0 Å². The number of fused-ring (bicyclic) bond motifs is 1. The summed E-state index contributed by atoms with van der Waals surface area (Å²) in [6, 6.07) is 21.6. The van der Waals surface area contributed by atoms with Crippen molar-refractivity contribution in [2.24, 2.45) is 0 Å². The number of nitrogens with zero attached hydrogens (tertiary/aromatic N) is 1. The van der Waals surface area contributed by atoms with E-state index in [0.29, 0.717) is 42.3 Å². The normalized spacial score (nSPS) is 12.2. The Kier molecular flexibility index (Phi) is 5.66. The van der Waals surface area contributed by atoms with Crippen molar-refractivity contribution < 1.29 is 19.1 Å². The fourth-order valence-corrected chi connectivity index (χ4v) is 3.24. The topological polar surface area (TPSA) is 67.9 Å². The molecule has 0 aliphatic carbocycles. The molecule has 4 rings (SSSR count). The molecule has 30 heavy (non-hydrogen) atoms. The van der Waals surface area contributed by atoms with Gasteiger partial charge in [-0.3, -0.25) is 9.59 Å². The van der Waals surface area contributed by atoms with Crippen LogP contribution in [0.1, 0.15) is 26.3 Å². The number of carbonyl (C=O) groups is 2. The number of anilines is 1. The molecule has 6 nitrogen and oxygen atoms in total. The number of amides is 2. The van der Waals surface area contributed by atoms with Gasteiger partial charge in [0.1, 0.15) is 13.2 Å². The van der Waals surface area contributed by atoms with Crippen molar-refractivity contribution in [1.82, 2.24) is 4.90 Å². The number of carbonyl (C=O) groups excluding carboxylic acids is 2. The molecule has 1 N–H and O–H groups in total. The van der Waals surface area contributed by atoms with Gasteiger partial charge < -0.3 is 19.7 Å². The van der Waals surface area contributed by atoms with Crippen molar-refractivity contribution in [2.45, 2.75) is 6.54 Å². The van der Waals surface area contributed by atoms with E-state index in [4.69, 9.17) is 9.47 Å². The molecule has 0 spiro atoms. The summed E-state index contributed by atoms with van der Waals surface area (Å²) in [4.78, 5) is 26.7. The molecule has 1 heterocycles. The van der Waals surface area contributed by atoms with Gasteiger partial charge in [0.2, 0.25) is 0 Å². The number of hydrogen-bond acceptors (Lipinski definition) is 4. The van der Waals surface area contributed by atoms with Gasteiger partial charge in [0.25, 0.3) is 11.8 Å². The Morgan fingerprint density at radius 1 is 0.867 bits per heavy atom. The molecule has 0 saturated carbocycles. The van der Waals surface area contributed by atoms with Crippen molar-refractivity contribution >= 4 is 17.5 Å². The van der Waals surface area contributed by atoms with E-state index in [1.54, 1.807) is 48.3 Å². The molecule has 0 saturated heterocycles. The van der Waals surface area contributed by atoms with Gasteiger partial charge in [-0.1, -0.05) is 24.3 Å². The van der Waals surface area contributed by atoms with Crippen molar-refractivity contribution in [3.05, 3.63) is 89.5 Å². The van der Waals surface area contributed by atoms with E-state index in [1.807, 2.05) is 36.4 Å². The van der Waals surface area contributed by atoms with Gasteiger partial charge in [-0.15, -0.1) is 0 Å². The summed E-state index contributed by atoms with van der Waals surface area (Å²) < 4.78 is 11.1. The predicted octanol–water partition coefficient (Wildman–Crippen LogP) is 3.98. The van der Waals surface area contributed by atoms with Crippen molar-refractivity contribution in [3.8, 4) is 11.5 Å².